The number of ether oxygens (including phenoxy) is 2. The molecule has 0 bridgehead atoms. The van der Waals surface area contributed by atoms with Crippen LogP contribution in [0.25, 0.3) is 0 Å². The van der Waals surface area contributed by atoms with E-state index < -0.39 is 8.53 Å². The number of para-hydroxylation sites is 1. The van der Waals surface area contributed by atoms with Gasteiger partial charge in [0.05, 0.1) is 7.11 Å². The van der Waals surface area contributed by atoms with Crippen LogP contribution in [0.3, 0.4) is 0 Å². The first-order valence-electron chi connectivity index (χ1n) is 20.8. The summed E-state index contributed by atoms with van der Waals surface area (Å²) in [6.07, 6.45) is 7.03. The Bertz CT molecular complexity index is 1690. The third-order valence-corrected chi connectivity index (χ3v) is 11.1. The summed E-state index contributed by atoms with van der Waals surface area (Å²) in [5.74, 6) is 3.52. The lowest BCUT2D eigenvalue weighted by molar-refractivity contribution is 0.344. The number of nitrogens with zero attached hydrogens (tertiary/aromatic N) is 1. The van der Waals surface area contributed by atoms with Crippen molar-refractivity contribution < 1.29 is 18.5 Å². The van der Waals surface area contributed by atoms with Crippen LogP contribution in [-0.2, 0) is 22.7 Å². The van der Waals surface area contributed by atoms with Gasteiger partial charge in [-0.05, 0) is 59.9 Å². The summed E-state index contributed by atoms with van der Waals surface area (Å²) >= 11 is 0. The Morgan fingerprint density at radius 2 is 1.25 bits per heavy atom. The second-order valence-electron chi connectivity index (χ2n) is 17.2. The molecule has 0 amide bonds. The van der Waals surface area contributed by atoms with Crippen molar-refractivity contribution >= 4 is 8.53 Å². The molecule has 0 aromatic heterocycles. The number of rotatable bonds is 6. The van der Waals surface area contributed by atoms with E-state index in [1.165, 1.54) is 18.4 Å². The van der Waals surface area contributed by atoms with E-state index in [1.807, 2.05) is 36.7 Å². The van der Waals surface area contributed by atoms with Crippen LogP contribution in [0.2, 0.25) is 0 Å². The van der Waals surface area contributed by atoms with Crippen molar-refractivity contribution in [3.8, 4) is 28.7 Å². The zero-order valence-electron chi connectivity index (χ0n) is 38.8. The van der Waals surface area contributed by atoms with E-state index in [-0.39, 0.29) is 21.8 Å². The van der Waals surface area contributed by atoms with Crippen molar-refractivity contribution in [3.63, 3.8) is 0 Å². The average Bonchev–Trinajstić information content (AvgIpc) is 3.27. The van der Waals surface area contributed by atoms with Crippen molar-refractivity contribution in [1.82, 2.24) is 4.67 Å². The Kier molecular flexibility index (Phi) is 19.8. The highest BCUT2D eigenvalue weighted by molar-refractivity contribution is 7.45. The molecule has 0 aliphatic carbocycles. The molecule has 1 unspecified atom stereocenters. The Balaban J connectivity index is 0.000000901. The molecule has 2 N–H and O–H groups in total. The van der Waals surface area contributed by atoms with Crippen molar-refractivity contribution in [1.29, 1.82) is 0 Å². The summed E-state index contributed by atoms with van der Waals surface area (Å²) < 4.78 is 28.0. The number of methoxy groups -OCH3 is 1. The SMILES string of the molecule is C=CN1C(=C)Cc2ccccc2OP1Oc1cc(C(C)(C)C)cc2c1Oc1c(OC)cc(C(C)(C)C)cc1C2(C)C.CC.CCC.CCC.CCC(C)(N)CC. The summed E-state index contributed by atoms with van der Waals surface area (Å²) in [4.78, 5) is 0. The smallest absolute Gasteiger partial charge is 0.421 e. The van der Waals surface area contributed by atoms with E-state index in [0.29, 0.717) is 23.7 Å². The van der Waals surface area contributed by atoms with Crippen molar-refractivity contribution in [3.05, 3.63) is 101 Å². The summed E-state index contributed by atoms with van der Waals surface area (Å²) in [5.41, 5.74) is 11.7. The summed E-state index contributed by atoms with van der Waals surface area (Å²) in [6, 6.07) is 16.7. The molecular weight excluding hydrogens is 712 g/mol. The van der Waals surface area contributed by atoms with Crippen LogP contribution in [0.15, 0.2) is 73.6 Å². The second-order valence-corrected chi connectivity index (χ2v) is 18.5. The molecule has 7 heteroatoms. The van der Waals surface area contributed by atoms with Crippen LogP contribution in [0.1, 0.15) is 171 Å². The van der Waals surface area contributed by atoms with E-state index >= 15 is 0 Å². The normalized spacial score (nSPS) is 15.2. The molecule has 0 fully saturated rings. The van der Waals surface area contributed by atoms with Gasteiger partial charge < -0.3 is 24.3 Å². The molecule has 3 aromatic rings. The van der Waals surface area contributed by atoms with Crippen LogP contribution in [0, 0.1) is 0 Å². The third-order valence-electron chi connectivity index (χ3n) is 9.62. The quantitative estimate of drug-likeness (QED) is 0.251. The highest BCUT2D eigenvalue weighted by Gasteiger charge is 2.41. The van der Waals surface area contributed by atoms with Gasteiger partial charge in [-0.25, -0.2) is 0 Å². The Labute approximate surface area is 345 Å². The summed E-state index contributed by atoms with van der Waals surface area (Å²) in [7, 11) is 0.0430. The summed E-state index contributed by atoms with van der Waals surface area (Å²) in [6.45, 7) is 45.0. The maximum absolute atomic E-state index is 6.83. The van der Waals surface area contributed by atoms with E-state index in [1.54, 1.807) is 13.3 Å². The number of hydrogen-bond donors (Lipinski definition) is 1. The minimum atomic E-state index is -1.65. The van der Waals surface area contributed by atoms with Crippen molar-refractivity contribution in [2.75, 3.05) is 7.11 Å². The summed E-state index contributed by atoms with van der Waals surface area (Å²) in [5, 5.41) is 0. The number of allylic oxidation sites excluding steroid dienone is 1. The van der Waals surface area contributed by atoms with Crippen LogP contribution < -0.4 is 24.3 Å². The number of fused-ring (bicyclic) bond motifs is 3. The molecule has 56 heavy (non-hydrogen) atoms. The highest BCUT2D eigenvalue weighted by Crippen LogP contribution is 2.59. The molecule has 5 rings (SSSR count). The van der Waals surface area contributed by atoms with Gasteiger partial charge in [0.25, 0.3) is 0 Å². The molecular formula is C49H79N2O4P. The molecule has 0 radical (unpaired) electrons. The monoisotopic (exact) mass is 791 g/mol. The molecule has 2 heterocycles. The molecule has 2 aliphatic rings. The van der Waals surface area contributed by atoms with Crippen molar-refractivity contribution in [2.24, 2.45) is 5.73 Å². The molecule has 1 atom stereocenters. The van der Waals surface area contributed by atoms with Gasteiger partial charge in [-0.15, -0.1) is 0 Å². The lowest BCUT2D eigenvalue weighted by Crippen LogP contribution is -2.33. The lowest BCUT2D eigenvalue weighted by atomic mass is 9.72. The third kappa shape index (κ3) is 13.0. The van der Waals surface area contributed by atoms with E-state index in [9.17, 15) is 0 Å². The van der Waals surface area contributed by atoms with E-state index in [2.05, 4.69) is 147 Å². The number of hydrogen-bond acceptors (Lipinski definition) is 6. The largest absolute Gasteiger partial charge is 0.493 e. The Morgan fingerprint density at radius 3 is 1.66 bits per heavy atom. The van der Waals surface area contributed by atoms with Gasteiger partial charge in [0.1, 0.15) is 5.75 Å². The fourth-order valence-electron chi connectivity index (χ4n) is 5.55. The van der Waals surface area contributed by atoms with Gasteiger partial charge >= 0.3 is 8.53 Å². The first-order chi connectivity index (χ1) is 26.1. The average molecular weight is 791 g/mol. The second kappa shape index (κ2) is 21.9. The van der Waals surface area contributed by atoms with Crippen LogP contribution in [0.5, 0.6) is 28.7 Å². The van der Waals surface area contributed by atoms with Gasteiger partial charge in [0, 0.05) is 46.0 Å². The molecule has 3 aromatic carbocycles. The first-order valence-corrected chi connectivity index (χ1v) is 22.0. The topological polar surface area (TPSA) is 66.2 Å². The van der Waals surface area contributed by atoms with E-state index in [0.717, 1.165) is 52.3 Å². The van der Waals surface area contributed by atoms with Crippen LogP contribution in [0.4, 0.5) is 0 Å². The van der Waals surface area contributed by atoms with Gasteiger partial charge in [0.2, 0.25) is 0 Å². The highest BCUT2D eigenvalue weighted by atomic mass is 31.2. The van der Waals surface area contributed by atoms with Crippen LogP contribution >= 0.6 is 8.53 Å². The van der Waals surface area contributed by atoms with Crippen molar-refractivity contribution in [2.45, 2.75) is 172 Å². The molecule has 2 aliphatic heterocycles. The fourth-order valence-corrected chi connectivity index (χ4v) is 6.85. The minimum absolute atomic E-state index is 0.0491. The lowest BCUT2D eigenvalue weighted by Gasteiger charge is -2.38. The first kappa shape index (κ1) is 50.5. The maximum Gasteiger partial charge on any atom is 0.421 e. The molecule has 0 saturated carbocycles. The minimum Gasteiger partial charge on any atom is -0.493 e. The number of nitrogens with two attached hydrogens (primary N) is 1. The predicted molar refractivity (Wildman–Crippen MR) is 245 cm³/mol. The van der Waals surface area contributed by atoms with Gasteiger partial charge in [-0.3, -0.25) is 4.67 Å². The molecule has 6 nitrogen and oxygen atoms in total. The maximum atomic E-state index is 6.83. The van der Waals surface area contributed by atoms with Gasteiger partial charge in [-0.1, -0.05) is 167 Å². The molecule has 314 valence electrons. The van der Waals surface area contributed by atoms with Gasteiger partial charge in [-0.2, -0.15) is 0 Å². The number of benzene rings is 3. The predicted octanol–water partition coefficient (Wildman–Crippen LogP) is 15.3. The Morgan fingerprint density at radius 1 is 0.804 bits per heavy atom. The zero-order chi connectivity index (χ0) is 43.2. The van der Waals surface area contributed by atoms with Crippen LogP contribution in [-0.4, -0.2) is 17.3 Å². The molecule has 0 spiro atoms. The Hall–Kier alpha value is -3.47. The van der Waals surface area contributed by atoms with E-state index in [4.69, 9.17) is 24.3 Å². The fraction of sp³-hybridized carbons (Fsp3) is 0.551. The van der Waals surface area contributed by atoms with Gasteiger partial charge in [0.15, 0.2) is 23.0 Å². The zero-order valence-corrected chi connectivity index (χ0v) is 39.6. The standard InChI is InChI=1S/C35H42NO4P.C6H15N.2C3H8.C2H6/c1-12-36-22(2)17-23-15-13-14-16-28(23)39-41(36)40-30-21-25(34(6,7)8)19-27-32(30)38-31-26(35(27,9)10)18-24(33(3,4)5)20-29(31)37-11;1-4-6(3,7)5-2;2*1-3-2;1-2/h12-16,18-21H,1-2,17H2,3-11H3;4-5,7H2,1-3H3;2*3H2,1-2H3;1-2H3. The molecule has 0 saturated heterocycles.